The van der Waals surface area contributed by atoms with Gasteiger partial charge in [0.1, 0.15) is 6.10 Å². The highest BCUT2D eigenvalue weighted by molar-refractivity contribution is 4.96. The van der Waals surface area contributed by atoms with E-state index < -0.39 is 24.4 Å². The first-order valence-electron chi connectivity index (χ1n) is 8.44. The molecule has 0 bridgehead atoms. The van der Waals surface area contributed by atoms with Crippen molar-refractivity contribution >= 4 is 0 Å². The first-order valence-corrected chi connectivity index (χ1v) is 8.44. The van der Waals surface area contributed by atoms with E-state index in [9.17, 15) is 20.4 Å². The van der Waals surface area contributed by atoms with Gasteiger partial charge in [0.05, 0.1) is 30.3 Å². The van der Waals surface area contributed by atoms with Crippen molar-refractivity contribution in [3.8, 4) is 0 Å². The van der Waals surface area contributed by atoms with Crippen LogP contribution in [0, 0.1) is 11.8 Å². The van der Waals surface area contributed by atoms with Crippen LogP contribution in [0.3, 0.4) is 0 Å². The van der Waals surface area contributed by atoms with E-state index in [1.807, 2.05) is 0 Å². The molecule has 1 aliphatic heterocycles. The first kappa shape index (κ1) is 16.6. The van der Waals surface area contributed by atoms with Gasteiger partial charge in [-0.15, -0.1) is 0 Å². The second kappa shape index (κ2) is 6.71. The zero-order chi connectivity index (χ0) is 15.9. The van der Waals surface area contributed by atoms with Crippen LogP contribution in [0.4, 0.5) is 0 Å². The summed E-state index contributed by atoms with van der Waals surface area (Å²) in [5, 5.41) is 40.4. The molecule has 9 unspecified atom stereocenters. The molecule has 6 nitrogen and oxygen atoms in total. The van der Waals surface area contributed by atoms with Gasteiger partial charge < -0.3 is 29.9 Å². The van der Waals surface area contributed by atoms with E-state index in [4.69, 9.17) is 9.47 Å². The van der Waals surface area contributed by atoms with Gasteiger partial charge >= 0.3 is 0 Å². The lowest BCUT2D eigenvalue weighted by atomic mass is 9.72. The Kier molecular flexibility index (Phi) is 5.07. The maximum Gasteiger partial charge on any atom is 0.184 e. The Hall–Kier alpha value is -0.240. The van der Waals surface area contributed by atoms with E-state index in [0.29, 0.717) is 32.1 Å². The zero-order valence-electron chi connectivity index (χ0n) is 13.1. The molecule has 128 valence electrons. The van der Waals surface area contributed by atoms with Crippen LogP contribution in [-0.2, 0) is 4.74 Å². The van der Waals surface area contributed by atoms with E-state index in [1.54, 1.807) is 7.11 Å². The van der Waals surface area contributed by atoms with Gasteiger partial charge in [-0.25, -0.2) is 0 Å². The van der Waals surface area contributed by atoms with Gasteiger partial charge in [0.2, 0.25) is 0 Å². The second-order valence-corrected chi connectivity index (χ2v) is 7.28. The molecule has 0 aromatic heterocycles. The maximum atomic E-state index is 10.5. The van der Waals surface area contributed by atoms with Crippen molar-refractivity contribution in [1.82, 2.24) is 0 Å². The van der Waals surface area contributed by atoms with Gasteiger partial charge in [0, 0.05) is 25.9 Å². The molecule has 0 amide bonds. The summed E-state index contributed by atoms with van der Waals surface area (Å²) in [5.74, 6) is 0.155. The molecule has 1 saturated heterocycles. The highest BCUT2D eigenvalue weighted by Gasteiger charge is 2.51. The van der Waals surface area contributed by atoms with Gasteiger partial charge in [-0.3, -0.25) is 0 Å². The van der Waals surface area contributed by atoms with Crippen molar-refractivity contribution in [2.75, 3.05) is 7.11 Å². The van der Waals surface area contributed by atoms with Crippen LogP contribution in [0.15, 0.2) is 0 Å². The van der Waals surface area contributed by atoms with Crippen molar-refractivity contribution < 1.29 is 29.9 Å². The minimum absolute atomic E-state index is 0.0398. The number of aliphatic hydroxyl groups excluding tert-OH is 4. The number of rotatable bonds is 2. The van der Waals surface area contributed by atoms with Gasteiger partial charge in [0.25, 0.3) is 0 Å². The molecule has 3 fully saturated rings. The average Bonchev–Trinajstić information content (AvgIpc) is 2.48. The summed E-state index contributed by atoms with van der Waals surface area (Å²) in [6.07, 6.45) is 1.19. The largest absolute Gasteiger partial charge is 0.427 e. The first-order chi connectivity index (χ1) is 10.5. The molecule has 3 aliphatic rings. The predicted octanol–water partition coefficient (Wildman–Crippen LogP) is -0.676. The third kappa shape index (κ3) is 3.18. The normalized spacial score (nSPS) is 53.0. The van der Waals surface area contributed by atoms with E-state index >= 15 is 0 Å². The molecule has 0 radical (unpaired) electrons. The van der Waals surface area contributed by atoms with Crippen molar-refractivity contribution in [3.05, 3.63) is 0 Å². The van der Waals surface area contributed by atoms with Crippen molar-refractivity contribution in [2.45, 2.75) is 81.3 Å². The van der Waals surface area contributed by atoms with Crippen molar-refractivity contribution in [3.63, 3.8) is 0 Å². The van der Waals surface area contributed by atoms with Crippen LogP contribution in [0.2, 0.25) is 0 Å². The summed E-state index contributed by atoms with van der Waals surface area (Å²) in [4.78, 5) is 0. The van der Waals surface area contributed by atoms with Crippen LogP contribution in [0.25, 0.3) is 0 Å². The molecule has 5 N–H and O–H groups in total. The molecule has 0 spiro atoms. The van der Waals surface area contributed by atoms with Gasteiger partial charge in [-0.05, 0) is 25.7 Å². The summed E-state index contributed by atoms with van der Waals surface area (Å²) in [6.45, 7) is 0. The third-order valence-corrected chi connectivity index (χ3v) is 5.87. The maximum absolute atomic E-state index is 10.5. The van der Waals surface area contributed by atoms with Crippen molar-refractivity contribution in [2.24, 2.45) is 11.8 Å². The van der Waals surface area contributed by atoms with Crippen LogP contribution in [-0.4, -0.2) is 75.0 Å². The molecule has 1 heterocycles. The monoisotopic (exact) mass is 317 g/mol. The number of hydrogen-bond donors (Lipinski definition) is 4. The Balaban J connectivity index is 1.67. The van der Waals surface area contributed by atoms with Crippen LogP contribution in [0.5, 0.6) is 0 Å². The zero-order valence-corrected chi connectivity index (χ0v) is 13.1. The quantitative estimate of drug-likeness (QED) is 0.506. The Labute approximate surface area is 131 Å². The number of ether oxygens (including phenoxy) is 2. The highest BCUT2D eigenvalue weighted by atomic mass is 16.5. The Bertz CT molecular complexity index is 378. The fourth-order valence-corrected chi connectivity index (χ4v) is 4.63. The smallest absolute Gasteiger partial charge is 0.184 e. The SMILES string of the molecule is COC1CC(C2[OH+]C3CC(O)CC(O)C3CC2O)CCC1O. The summed E-state index contributed by atoms with van der Waals surface area (Å²) in [7, 11) is 1.61. The van der Waals surface area contributed by atoms with E-state index in [1.165, 1.54) is 0 Å². The number of fused-ring (bicyclic) bond motifs is 1. The fourth-order valence-electron chi connectivity index (χ4n) is 4.63. The number of methoxy groups -OCH3 is 1. The number of aliphatic hydroxyl groups is 6. The summed E-state index contributed by atoms with van der Waals surface area (Å²) >= 11 is 0. The fraction of sp³-hybridized carbons (Fsp3) is 1.00. The molecule has 22 heavy (non-hydrogen) atoms. The molecular weight excluding hydrogens is 288 g/mol. The molecule has 9 atom stereocenters. The lowest BCUT2D eigenvalue weighted by Crippen LogP contribution is -2.57. The van der Waals surface area contributed by atoms with Gasteiger partial charge in [-0.2, -0.15) is 0 Å². The standard InChI is InChI=1S/C16H28O6/c1-21-15-4-8(2-3-11(15)18)16-13(20)7-10-12(19)5-9(17)6-14(10)22-16/h8-20H,2-7H2,1H3/p+1. The van der Waals surface area contributed by atoms with Gasteiger partial charge in [-0.1, -0.05) is 0 Å². The number of hydrogen-bond acceptors (Lipinski definition) is 5. The van der Waals surface area contributed by atoms with Crippen LogP contribution in [0.1, 0.15) is 38.5 Å². The second-order valence-electron chi connectivity index (χ2n) is 7.28. The lowest BCUT2D eigenvalue weighted by molar-refractivity contribution is -0.297. The lowest BCUT2D eigenvalue weighted by Gasteiger charge is -2.45. The molecular formula is C16H29O6+. The predicted molar refractivity (Wildman–Crippen MR) is 79.3 cm³/mol. The highest BCUT2D eigenvalue weighted by Crippen LogP contribution is 2.40. The van der Waals surface area contributed by atoms with Crippen LogP contribution < -0.4 is 0 Å². The summed E-state index contributed by atoms with van der Waals surface area (Å²) < 4.78 is 10.1. The molecule has 0 aromatic rings. The topological polar surface area (TPSA) is 103 Å². The molecule has 3 rings (SSSR count). The Morgan fingerprint density at radius 3 is 2.36 bits per heavy atom. The minimum Gasteiger partial charge on any atom is -0.427 e. The summed E-state index contributed by atoms with van der Waals surface area (Å²) in [6, 6.07) is 0. The van der Waals surface area contributed by atoms with E-state index in [2.05, 4.69) is 0 Å². The Morgan fingerprint density at radius 2 is 1.64 bits per heavy atom. The Morgan fingerprint density at radius 1 is 0.864 bits per heavy atom. The molecule has 6 heteroatoms. The van der Waals surface area contributed by atoms with Crippen LogP contribution >= 0.6 is 0 Å². The average molecular weight is 317 g/mol. The third-order valence-electron chi connectivity index (χ3n) is 5.87. The molecule has 2 aliphatic carbocycles. The van der Waals surface area contributed by atoms with Gasteiger partial charge in [0.15, 0.2) is 12.2 Å². The molecule has 2 saturated carbocycles. The van der Waals surface area contributed by atoms with E-state index in [0.717, 1.165) is 6.42 Å². The minimum atomic E-state index is -0.576. The van der Waals surface area contributed by atoms with E-state index in [-0.39, 0.29) is 30.1 Å². The van der Waals surface area contributed by atoms with Crippen molar-refractivity contribution in [1.29, 1.82) is 0 Å². The molecule has 0 aromatic carbocycles. The summed E-state index contributed by atoms with van der Waals surface area (Å²) in [5.41, 5.74) is 0.